The molecule has 1 aromatic heterocycles. The van der Waals surface area contributed by atoms with Crippen molar-refractivity contribution in [2.24, 2.45) is 0 Å². The minimum absolute atomic E-state index is 0.0487. The van der Waals surface area contributed by atoms with Gasteiger partial charge in [0.25, 0.3) is 0 Å². The van der Waals surface area contributed by atoms with Crippen molar-refractivity contribution >= 4 is 17.1 Å². The number of aryl methyl sites for hydroxylation is 2. The fourth-order valence-electron chi connectivity index (χ4n) is 1.64. The molecule has 2 rings (SSSR count). The number of hydrogen-bond acceptors (Lipinski definition) is 2. The SMILES string of the molecule is Cc1cc(C(=O)c2ccsc2)cc(C)c1F. The molecule has 1 nitrogen and oxygen atoms in total. The molecule has 0 fully saturated rings. The van der Waals surface area contributed by atoms with Gasteiger partial charge in [-0.05, 0) is 48.6 Å². The van der Waals surface area contributed by atoms with Crippen molar-refractivity contribution in [3.05, 3.63) is 57.0 Å². The Kier molecular flexibility index (Phi) is 2.88. The van der Waals surface area contributed by atoms with Crippen LogP contribution in [0.3, 0.4) is 0 Å². The zero-order valence-corrected chi connectivity index (χ0v) is 9.90. The molecular weight excluding hydrogens is 223 g/mol. The topological polar surface area (TPSA) is 17.1 Å². The Bertz CT molecular complexity index is 506. The molecular formula is C13H11FOS. The molecule has 2 aromatic rings. The molecule has 16 heavy (non-hydrogen) atoms. The van der Waals surface area contributed by atoms with Crippen molar-refractivity contribution in [1.29, 1.82) is 0 Å². The molecule has 1 heterocycles. The second-order valence-electron chi connectivity index (χ2n) is 3.77. The highest BCUT2D eigenvalue weighted by Crippen LogP contribution is 2.18. The highest BCUT2D eigenvalue weighted by molar-refractivity contribution is 7.08. The number of thiophene rings is 1. The van der Waals surface area contributed by atoms with E-state index in [4.69, 9.17) is 0 Å². The number of halogens is 1. The quantitative estimate of drug-likeness (QED) is 0.723. The predicted octanol–water partition coefficient (Wildman–Crippen LogP) is 3.74. The molecule has 0 spiro atoms. The van der Waals surface area contributed by atoms with Gasteiger partial charge in [-0.25, -0.2) is 4.39 Å². The van der Waals surface area contributed by atoms with Crippen LogP contribution >= 0.6 is 11.3 Å². The van der Waals surface area contributed by atoms with Gasteiger partial charge in [0.2, 0.25) is 0 Å². The van der Waals surface area contributed by atoms with Gasteiger partial charge in [-0.3, -0.25) is 4.79 Å². The van der Waals surface area contributed by atoms with Crippen LogP contribution in [-0.2, 0) is 0 Å². The Balaban J connectivity index is 2.46. The zero-order valence-electron chi connectivity index (χ0n) is 9.08. The fourth-order valence-corrected chi connectivity index (χ4v) is 2.27. The van der Waals surface area contributed by atoms with Crippen molar-refractivity contribution in [2.75, 3.05) is 0 Å². The molecule has 1 aromatic carbocycles. The summed E-state index contributed by atoms with van der Waals surface area (Å²) in [4.78, 5) is 12.0. The summed E-state index contributed by atoms with van der Waals surface area (Å²) < 4.78 is 13.4. The normalized spacial score (nSPS) is 10.4. The molecule has 0 amide bonds. The van der Waals surface area contributed by atoms with E-state index < -0.39 is 0 Å². The van der Waals surface area contributed by atoms with Crippen LogP contribution in [0.2, 0.25) is 0 Å². The van der Waals surface area contributed by atoms with Gasteiger partial charge in [0, 0.05) is 16.5 Å². The van der Waals surface area contributed by atoms with Gasteiger partial charge in [-0.2, -0.15) is 11.3 Å². The van der Waals surface area contributed by atoms with Gasteiger partial charge in [0.15, 0.2) is 5.78 Å². The Morgan fingerprint density at radius 2 is 1.81 bits per heavy atom. The predicted molar refractivity (Wildman–Crippen MR) is 63.6 cm³/mol. The van der Waals surface area contributed by atoms with E-state index in [0.29, 0.717) is 22.3 Å². The van der Waals surface area contributed by atoms with E-state index in [1.54, 1.807) is 37.4 Å². The summed E-state index contributed by atoms with van der Waals surface area (Å²) in [5, 5.41) is 3.66. The van der Waals surface area contributed by atoms with Crippen LogP contribution in [0.15, 0.2) is 29.0 Å². The monoisotopic (exact) mass is 234 g/mol. The first-order valence-electron chi connectivity index (χ1n) is 4.93. The Hall–Kier alpha value is -1.48. The van der Waals surface area contributed by atoms with Crippen molar-refractivity contribution in [2.45, 2.75) is 13.8 Å². The molecule has 82 valence electrons. The van der Waals surface area contributed by atoms with Crippen LogP contribution in [0.1, 0.15) is 27.0 Å². The van der Waals surface area contributed by atoms with Crippen molar-refractivity contribution in [3.8, 4) is 0 Å². The van der Waals surface area contributed by atoms with Crippen LogP contribution < -0.4 is 0 Å². The standard InChI is InChI=1S/C13H11FOS/c1-8-5-11(6-9(2)12(8)14)13(15)10-3-4-16-7-10/h3-7H,1-2H3. The van der Waals surface area contributed by atoms with Gasteiger partial charge in [0.05, 0.1) is 0 Å². The van der Waals surface area contributed by atoms with E-state index >= 15 is 0 Å². The van der Waals surface area contributed by atoms with Gasteiger partial charge < -0.3 is 0 Å². The van der Waals surface area contributed by atoms with E-state index in [9.17, 15) is 9.18 Å². The largest absolute Gasteiger partial charge is 0.289 e. The lowest BCUT2D eigenvalue weighted by Gasteiger charge is -2.05. The maximum atomic E-state index is 13.4. The van der Waals surface area contributed by atoms with E-state index in [1.165, 1.54) is 11.3 Å². The minimum atomic E-state index is -0.234. The number of rotatable bonds is 2. The fraction of sp³-hybridized carbons (Fsp3) is 0.154. The number of carbonyl (C=O) groups excluding carboxylic acids is 1. The molecule has 0 saturated carbocycles. The number of hydrogen-bond donors (Lipinski definition) is 0. The van der Waals surface area contributed by atoms with Gasteiger partial charge in [0.1, 0.15) is 5.82 Å². The van der Waals surface area contributed by atoms with Crippen LogP contribution in [0, 0.1) is 19.7 Å². The Morgan fingerprint density at radius 1 is 1.19 bits per heavy atom. The Labute approximate surface area is 97.6 Å². The summed E-state index contributed by atoms with van der Waals surface area (Å²) in [6.45, 7) is 3.35. The molecule has 0 aliphatic carbocycles. The molecule has 3 heteroatoms. The summed E-state index contributed by atoms with van der Waals surface area (Å²) in [6.07, 6.45) is 0. The molecule has 0 N–H and O–H groups in total. The molecule has 0 saturated heterocycles. The van der Waals surface area contributed by atoms with Gasteiger partial charge in [-0.15, -0.1) is 0 Å². The summed E-state index contributed by atoms with van der Waals surface area (Å²) in [5.74, 6) is -0.283. The van der Waals surface area contributed by atoms with Crippen LogP contribution in [0.4, 0.5) is 4.39 Å². The molecule has 0 aliphatic heterocycles. The number of carbonyl (C=O) groups is 1. The summed E-state index contributed by atoms with van der Waals surface area (Å²) in [6, 6.07) is 4.98. The van der Waals surface area contributed by atoms with Crippen molar-refractivity contribution < 1.29 is 9.18 Å². The maximum absolute atomic E-state index is 13.4. The number of benzene rings is 1. The van der Waals surface area contributed by atoms with E-state index in [-0.39, 0.29) is 11.6 Å². The second-order valence-corrected chi connectivity index (χ2v) is 4.55. The van der Waals surface area contributed by atoms with Crippen LogP contribution in [0.25, 0.3) is 0 Å². The zero-order chi connectivity index (χ0) is 11.7. The average molecular weight is 234 g/mol. The van der Waals surface area contributed by atoms with Crippen LogP contribution in [0.5, 0.6) is 0 Å². The Morgan fingerprint density at radius 3 is 2.31 bits per heavy atom. The molecule has 0 bridgehead atoms. The summed E-state index contributed by atoms with van der Waals surface area (Å²) >= 11 is 1.48. The third kappa shape index (κ3) is 1.91. The van der Waals surface area contributed by atoms with E-state index in [1.807, 2.05) is 5.38 Å². The van der Waals surface area contributed by atoms with E-state index in [0.717, 1.165) is 0 Å². The number of ketones is 1. The maximum Gasteiger partial charge on any atom is 0.193 e. The first-order chi connectivity index (χ1) is 7.59. The molecule has 0 unspecified atom stereocenters. The van der Waals surface area contributed by atoms with Gasteiger partial charge in [-0.1, -0.05) is 0 Å². The molecule has 0 aliphatic rings. The smallest absolute Gasteiger partial charge is 0.193 e. The molecule has 0 atom stereocenters. The van der Waals surface area contributed by atoms with Crippen molar-refractivity contribution in [1.82, 2.24) is 0 Å². The second kappa shape index (κ2) is 4.18. The lowest BCUT2D eigenvalue weighted by Crippen LogP contribution is -2.02. The lowest BCUT2D eigenvalue weighted by atomic mass is 10.0. The van der Waals surface area contributed by atoms with Gasteiger partial charge >= 0.3 is 0 Å². The van der Waals surface area contributed by atoms with Crippen LogP contribution in [-0.4, -0.2) is 5.78 Å². The molecule has 0 radical (unpaired) electrons. The van der Waals surface area contributed by atoms with Crippen molar-refractivity contribution in [3.63, 3.8) is 0 Å². The summed E-state index contributed by atoms with van der Waals surface area (Å²) in [5.41, 5.74) is 2.24. The van der Waals surface area contributed by atoms with E-state index in [2.05, 4.69) is 0 Å². The third-order valence-electron chi connectivity index (χ3n) is 2.48. The average Bonchev–Trinajstić information content (AvgIpc) is 2.77. The minimum Gasteiger partial charge on any atom is -0.289 e. The summed E-state index contributed by atoms with van der Waals surface area (Å²) in [7, 11) is 0. The highest BCUT2D eigenvalue weighted by Gasteiger charge is 2.12. The third-order valence-corrected chi connectivity index (χ3v) is 3.17. The first kappa shape index (κ1) is 11.0. The highest BCUT2D eigenvalue weighted by atomic mass is 32.1. The first-order valence-corrected chi connectivity index (χ1v) is 5.87. The lowest BCUT2D eigenvalue weighted by molar-refractivity contribution is 0.103.